The molecule has 2 aromatic rings. The highest BCUT2D eigenvalue weighted by molar-refractivity contribution is 5.93. The number of nitrogen functional groups attached to an aromatic ring is 1. The maximum absolute atomic E-state index is 11.5. The van der Waals surface area contributed by atoms with E-state index in [1.165, 1.54) is 0 Å². The van der Waals surface area contributed by atoms with Crippen LogP contribution in [-0.2, 0) is 11.3 Å². The van der Waals surface area contributed by atoms with Crippen LogP contribution in [0.25, 0.3) is 11.4 Å². The van der Waals surface area contributed by atoms with Gasteiger partial charge in [-0.15, -0.1) is 0 Å². The van der Waals surface area contributed by atoms with Crippen LogP contribution in [-0.4, -0.2) is 21.5 Å². The molecule has 0 aliphatic heterocycles. The second-order valence-electron chi connectivity index (χ2n) is 3.91. The second kappa shape index (κ2) is 5.21. The lowest BCUT2D eigenvalue weighted by Gasteiger charge is -2.07. The number of carbonyl (C=O) groups is 2. The van der Waals surface area contributed by atoms with Gasteiger partial charge in [-0.25, -0.2) is 9.78 Å². The van der Waals surface area contributed by atoms with Gasteiger partial charge >= 0.3 is 6.03 Å². The van der Waals surface area contributed by atoms with E-state index in [4.69, 9.17) is 11.5 Å². The summed E-state index contributed by atoms with van der Waals surface area (Å²) in [7, 11) is 0. The number of hydrogen-bond donors (Lipinski definition) is 3. The fourth-order valence-electron chi connectivity index (χ4n) is 1.66. The number of nitrogens with zero attached hydrogens (tertiary/aromatic N) is 2. The lowest BCUT2D eigenvalue weighted by atomic mass is 10.2. The zero-order chi connectivity index (χ0) is 13.8. The quantitative estimate of drug-likeness (QED) is 0.688. The lowest BCUT2D eigenvalue weighted by Crippen LogP contribution is -2.37. The number of imide groups is 1. The number of hydrogen-bond acceptors (Lipinski definition) is 4. The number of imidazole rings is 1. The Bertz CT molecular complexity index is 603. The van der Waals surface area contributed by atoms with Gasteiger partial charge in [0.1, 0.15) is 12.4 Å². The lowest BCUT2D eigenvalue weighted by molar-refractivity contribution is -0.120. The molecular weight excluding hydrogens is 246 g/mol. The van der Waals surface area contributed by atoms with Gasteiger partial charge in [0.2, 0.25) is 5.91 Å². The molecule has 0 saturated carbocycles. The van der Waals surface area contributed by atoms with Crippen molar-refractivity contribution in [1.82, 2.24) is 14.9 Å². The third kappa shape index (κ3) is 3.09. The first-order chi connectivity index (χ1) is 9.06. The van der Waals surface area contributed by atoms with Crippen molar-refractivity contribution in [3.8, 4) is 11.4 Å². The van der Waals surface area contributed by atoms with Gasteiger partial charge in [-0.1, -0.05) is 0 Å². The number of carbonyl (C=O) groups excluding carboxylic acids is 2. The molecule has 0 aliphatic carbocycles. The van der Waals surface area contributed by atoms with Crippen LogP contribution in [0.15, 0.2) is 36.7 Å². The molecule has 5 N–H and O–H groups in total. The van der Waals surface area contributed by atoms with Crippen molar-refractivity contribution in [2.24, 2.45) is 5.73 Å². The van der Waals surface area contributed by atoms with Crippen LogP contribution in [0.3, 0.4) is 0 Å². The predicted octanol–water partition coefficient (Wildman–Crippen LogP) is 0.327. The number of nitrogens with two attached hydrogens (primary N) is 2. The monoisotopic (exact) mass is 259 g/mol. The van der Waals surface area contributed by atoms with Gasteiger partial charge in [0, 0.05) is 23.6 Å². The summed E-state index contributed by atoms with van der Waals surface area (Å²) in [5.41, 5.74) is 12.0. The number of primary amides is 1. The Morgan fingerprint density at radius 2 is 1.95 bits per heavy atom. The summed E-state index contributed by atoms with van der Waals surface area (Å²) in [4.78, 5) is 26.2. The van der Waals surface area contributed by atoms with E-state index in [0.29, 0.717) is 11.5 Å². The Morgan fingerprint density at radius 3 is 2.58 bits per heavy atom. The largest absolute Gasteiger partial charge is 0.399 e. The fraction of sp³-hybridized carbons (Fsp3) is 0.0833. The normalized spacial score (nSPS) is 10.1. The van der Waals surface area contributed by atoms with Gasteiger partial charge in [-0.3, -0.25) is 10.1 Å². The molecule has 3 amide bonds. The highest BCUT2D eigenvalue weighted by Gasteiger charge is 2.10. The van der Waals surface area contributed by atoms with Crippen molar-refractivity contribution in [2.75, 3.05) is 5.73 Å². The molecule has 1 aromatic carbocycles. The van der Waals surface area contributed by atoms with Crippen LogP contribution >= 0.6 is 0 Å². The summed E-state index contributed by atoms with van der Waals surface area (Å²) in [6.45, 7) is -0.0390. The molecule has 0 spiro atoms. The van der Waals surface area contributed by atoms with Gasteiger partial charge in [-0.05, 0) is 24.3 Å². The molecular formula is C12H13N5O2. The number of benzene rings is 1. The van der Waals surface area contributed by atoms with E-state index in [1.54, 1.807) is 41.2 Å². The summed E-state index contributed by atoms with van der Waals surface area (Å²) >= 11 is 0. The molecule has 0 aliphatic rings. The second-order valence-corrected chi connectivity index (χ2v) is 3.91. The third-order valence-corrected chi connectivity index (χ3v) is 2.46. The molecule has 0 saturated heterocycles. The number of anilines is 1. The van der Waals surface area contributed by atoms with E-state index < -0.39 is 11.9 Å². The topological polar surface area (TPSA) is 116 Å². The molecule has 1 heterocycles. The van der Waals surface area contributed by atoms with Crippen molar-refractivity contribution >= 4 is 17.6 Å². The van der Waals surface area contributed by atoms with Crippen molar-refractivity contribution in [2.45, 2.75) is 6.54 Å². The van der Waals surface area contributed by atoms with Crippen molar-refractivity contribution in [3.05, 3.63) is 36.7 Å². The molecule has 0 bridgehead atoms. The SMILES string of the molecule is NC(=O)NC(=O)Cn1ccnc1-c1ccc(N)cc1. The zero-order valence-corrected chi connectivity index (χ0v) is 10.0. The minimum Gasteiger partial charge on any atom is -0.399 e. The van der Waals surface area contributed by atoms with Crippen molar-refractivity contribution < 1.29 is 9.59 Å². The highest BCUT2D eigenvalue weighted by atomic mass is 16.2. The number of rotatable bonds is 3. The minimum atomic E-state index is -0.876. The number of amides is 3. The first-order valence-electron chi connectivity index (χ1n) is 5.52. The molecule has 98 valence electrons. The maximum Gasteiger partial charge on any atom is 0.318 e. The Hall–Kier alpha value is -2.83. The molecule has 7 nitrogen and oxygen atoms in total. The Labute approximate surface area is 109 Å². The molecule has 0 radical (unpaired) electrons. The molecule has 0 unspecified atom stereocenters. The van der Waals surface area contributed by atoms with E-state index in [-0.39, 0.29) is 6.54 Å². The number of nitrogens with one attached hydrogen (secondary N) is 1. The van der Waals surface area contributed by atoms with E-state index in [2.05, 4.69) is 4.98 Å². The average molecular weight is 259 g/mol. The summed E-state index contributed by atoms with van der Waals surface area (Å²) in [5.74, 6) is 0.113. The van der Waals surface area contributed by atoms with Crippen molar-refractivity contribution in [3.63, 3.8) is 0 Å². The standard InChI is InChI=1S/C12H13N5O2/c13-9-3-1-8(2-4-9)11-15-5-6-17(11)7-10(18)16-12(14)19/h1-6H,7,13H2,(H3,14,16,18,19). The zero-order valence-electron chi connectivity index (χ0n) is 10.0. The Balaban J connectivity index is 2.20. The molecule has 7 heteroatoms. The van der Waals surface area contributed by atoms with Crippen LogP contribution in [0, 0.1) is 0 Å². The van der Waals surface area contributed by atoms with Crippen molar-refractivity contribution in [1.29, 1.82) is 0 Å². The Morgan fingerprint density at radius 1 is 1.26 bits per heavy atom. The summed E-state index contributed by atoms with van der Waals surface area (Å²) in [6, 6.07) is 6.23. The smallest absolute Gasteiger partial charge is 0.318 e. The number of aromatic nitrogens is 2. The summed E-state index contributed by atoms with van der Waals surface area (Å²) < 4.78 is 1.61. The molecule has 19 heavy (non-hydrogen) atoms. The van der Waals surface area contributed by atoms with Gasteiger partial charge < -0.3 is 16.0 Å². The first kappa shape index (κ1) is 12.6. The molecule has 2 rings (SSSR count). The van der Waals surface area contributed by atoms with E-state index in [9.17, 15) is 9.59 Å². The van der Waals surface area contributed by atoms with Gasteiger partial charge in [0.15, 0.2) is 0 Å². The maximum atomic E-state index is 11.5. The van der Waals surface area contributed by atoms with Crippen LogP contribution in [0.5, 0.6) is 0 Å². The predicted molar refractivity (Wildman–Crippen MR) is 69.8 cm³/mol. The summed E-state index contributed by atoms with van der Waals surface area (Å²) in [5, 5.41) is 2.00. The summed E-state index contributed by atoms with van der Waals surface area (Å²) in [6.07, 6.45) is 3.22. The van der Waals surface area contributed by atoms with E-state index in [0.717, 1.165) is 5.56 Å². The van der Waals surface area contributed by atoms with E-state index in [1.807, 2.05) is 5.32 Å². The highest BCUT2D eigenvalue weighted by Crippen LogP contribution is 2.18. The Kier molecular flexibility index (Phi) is 3.46. The minimum absolute atomic E-state index is 0.0390. The van der Waals surface area contributed by atoms with Crippen LogP contribution < -0.4 is 16.8 Å². The first-order valence-corrected chi connectivity index (χ1v) is 5.52. The van der Waals surface area contributed by atoms with Crippen LogP contribution in [0.4, 0.5) is 10.5 Å². The van der Waals surface area contributed by atoms with Crippen LogP contribution in [0.2, 0.25) is 0 Å². The number of urea groups is 1. The van der Waals surface area contributed by atoms with E-state index >= 15 is 0 Å². The third-order valence-electron chi connectivity index (χ3n) is 2.46. The average Bonchev–Trinajstić information content (AvgIpc) is 2.77. The van der Waals surface area contributed by atoms with Crippen LogP contribution in [0.1, 0.15) is 0 Å². The molecule has 0 atom stereocenters. The van der Waals surface area contributed by atoms with Gasteiger partial charge in [0.25, 0.3) is 0 Å². The van der Waals surface area contributed by atoms with Gasteiger partial charge in [0.05, 0.1) is 0 Å². The molecule has 1 aromatic heterocycles. The van der Waals surface area contributed by atoms with Gasteiger partial charge in [-0.2, -0.15) is 0 Å². The fourth-order valence-corrected chi connectivity index (χ4v) is 1.66. The molecule has 0 fully saturated rings.